The fourth-order valence-electron chi connectivity index (χ4n) is 2.36. The largest absolute Gasteiger partial charge is 0.310 e. The molecule has 0 atom stereocenters. The molecule has 3 rings (SSSR count). The maximum absolute atomic E-state index is 12.1. The van der Waals surface area contributed by atoms with Crippen LogP contribution in [0.3, 0.4) is 0 Å². The molecular formula is C17H17N5O. The lowest BCUT2D eigenvalue weighted by Crippen LogP contribution is -2.16. The topological polar surface area (TPSA) is 72.7 Å². The molecule has 3 aromatic rings. The molecule has 0 unspecified atom stereocenters. The Labute approximate surface area is 134 Å². The first kappa shape index (κ1) is 14.9. The Morgan fingerprint density at radius 3 is 2.61 bits per heavy atom. The molecule has 0 aliphatic carbocycles. The van der Waals surface area contributed by atoms with Gasteiger partial charge in [0.15, 0.2) is 5.82 Å². The lowest BCUT2D eigenvalue weighted by molar-refractivity contribution is -0.115. The molecule has 0 aliphatic heterocycles. The summed E-state index contributed by atoms with van der Waals surface area (Å²) in [6, 6.07) is 13.3. The third-order valence-corrected chi connectivity index (χ3v) is 3.35. The molecule has 0 bridgehead atoms. The molecule has 0 aliphatic rings. The summed E-state index contributed by atoms with van der Waals surface area (Å²) in [7, 11) is 0. The zero-order valence-corrected chi connectivity index (χ0v) is 13.0. The number of aromatic nitrogens is 4. The number of nitrogens with one attached hydrogen (secondary N) is 1. The number of carbonyl (C=O) groups is 1. The smallest absolute Gasteiger partial charge is 0.229 e. The Hall–Kier alpha value is -3.02. The predicted octanol–water partition coefficient (Wildman–Crippen LogP) is 2.46. The second-order valence-corrected chi connectivity index (χ2v) is 5.31. The van der Waals surface area contributed by atoms with Crippen LogP contribution in [0.1, 0.15) is 17.0 Å². The zero-order chi connectivity index (χ0) is 16.2. The van der Waals surface area contributed by atoms with E-state index >= 15 is 0 Å². The monoisotopic (exact) mass is 307 g/mol. The maximum atomic E-state index is 12.1. The van der Waals surface area contributed by atoms with Crippen LogP contribution in [0.15, 0.2) is 48.8 Å². The Morgan fingerprint density at radius 2 is 1.91 bits per heavy atom. The molecule has 0 spiro atoms. The molecule has 116 valence electrons. The molecule has 1 N–H and O–H groups in total. The van der Waals surface area contributed by atoms with Crippen molar-refractivity contribution in [1.82, 2.24) is 19.7 Å². The van der Waals surface area contributed by atoms with Crippen molar-refractivity contribution in [3.63, 3.8) is 0 Å². The molecule has 0 radical (unpaired) electrons. The summed E-state index contributed by atoms with van der Waals surface area (Å²) in [5.41, 5.74) is 2.84. The average Bonchev–Trinajstić information content (AvgIpc) is 2.87. The van der Waals surface area contributed by atoms with Gasteiger partial charge >= 0.3 is 0 Å². The molecule has 6 heteroatoms. The Kier molecular flexibility index (Phi) is 4.14. The van der Waals surface area contributed by atoms with Crippen molar-refractivity contribution in [2.45, 2.75) is 20.3 Å². The van der Waals surface area contributed by atoms with Crippen LogP contribution in [0.25, 0.3) is 5.82 Å². The number of amides is 1. The SMILES string of the molecule is Cc1cc(C)n(-c2cc(NC(=O)Cc3ccccc3)ncn2)n1. The summed E-state index contributed by atoms with van der Waals surface area (Å²) in [4.78, 5) is 20.4. The summed E-state index contributed by atoms with van der Waals surface area (Å²) in [5, 5.41) is 7.18. The second kappa shape index (κ2) is 6.39. The van der Waals surface area contributed by atoms with Crippen molar-refractivity contribution in [3.05, 3.63) is 65.7 Å². The van der Waals surface area contributed by atoms with E-state index in [1.807, 2.05) is 50.2 Å². The van der Waals surface area contributed by atoms with Crippen molar-refractivity contribution in [2.24, 2.45) is 0 Å². The molecule has 0 saturated carbocycles. The van der Waals surface area contributed by atoms with Gasteiger partial charge in [0.05, 0.1) is 12.1 Å². The minimum atomic E-state index is -0.116. The van der Waals surface area contributed by atoms with Gasteiger partial charge in [0.25, 0.3) is 0 Å². The standard InChI is InChI=1S/C17H17N5O/c1-12-8-13(2)22(21-12)16-10-15(18-11-19-16)20-17(23)9-14-6-4-3-5-7-14/h3-8,10-11H,9H2,1-2H3,(H,18,19,20,23). The van der Waals surface area contributed by atoms with Gasteiger partial charge in [-0.2, -0.15) is 5.10 Å². The van der Waals surface area contributed by atoms with E-state index < -0.39 is 0 Å². The van der Waals surface area contributed by atoms with Gasteiger partial charge in [-0.05, 0) is 25.5 Å². The molecule has 1 aromatic carbocycles. The molecule has 2 heterocycles. The van der Waals surface area contributed by atoms with Crippen molar-refractivity contribution < 1.29 is 4.79 Å². The number of hydrogen-bond donors (Lipinski definition) is 1. The predicted molar refractivity (Wildman–Crippen MR) is 87.4 cm³/mol. The summed E-state index contributed by atoms with van der Waals surface area (Å²) in [6.45, 7) is 3.88. The van der Waals surface area contributed by atoms with Gasteiger partial charge in [-0.15, -0.1) is 0 Å². The third-order valence-electron chi connectivity index (χ3n) is 3.35. The minimum Gasteiger partial charge on any atom is -0.310 e. The zero-order valence-electron chi connectivity index (χ0n) is 13.0. The molecule has 2 aromatic heterocycles. The molecule has 6 nitrogen and oxygen atoms in total. The lowest BCUT2D eigenvalue weighted by Gasteiger charge is -2.07. The first-order valence-corrected chi connectivity index (χ1v) is 7.31. The number of anilines is 1. The van der Waals surface area contributed by atoms with Crippen LogP contribution in [0.5, 0.6) is 0 Å². The number of aryl methyl sites for hydroxylation is 2. The van der Waals surface area contributed by atoms with Crippen LogP contribution in [0.2, 0.25) is 0 Å². The highest BCUT2D eigenvalue weighted by Crippen LogP contribution is 2.12. The van der Waals surface area contributed by atoms with Crippen molar-refractivity contribution in [3.8, 4) is 5.82 Å². The van der Waals surface area contributed by atoms with Crippen molar-refractivity contribution >= 4 is 11.7 Å². The highest BCUT2D eigenvalue weighted by molar-refractivity contribution is 5.91. The maximum Gasteiger partial charge on any atom is 0.229 e. The minimum absolute atomic E-state index is 0.116. The van der Waals surface area contributed by atoms with E-state index in [-0.39, 0.29) is 5.91 Å². The number of hydrogen-bond acceptors (Lipinski definition) is 4. The normalized spacial score (nSPS) is 10.5. The average molecular weight is 307 g/mol. The van der Waals surface area contributed by atoms with Crippen molar-refractivity contribution in [1.29, 1.82) is 0 Å². The Balaban J connectivity index is 1.75. The van der Waals surface area contributed by atoms with E-state index in [2.05, 4.69) is 20.4 Å². The first-order valence-electron chi connectivity index (χ1n) is 7.31. The van der Waals surface area contributed by atoms with E-state index in [4.69, 9.17) is 0 Å². The number of rotatable bonds is 4. The van der Waals surface area contributed by atoms with Gasteiger partial charge < -0.3 is 5.32 Å². The number of carbonyl (C=O) groups excluding carboxylic acids is 1. The molecular weight excluding hydrogens is 290 g/mol. The van der Waals surface area contributed by atoms with E-state index in [1.54, 1.807) is 10.7 Å². The number of nitrogens with zero attached hydrogens (tertiary/aromatic N) is 4. The van der Waals surface area contributed by atoms with E-state index in [0.29, 0.717) is 18.1 Å². The number of benzene rings is 1. The first-order chi connectivity index (χ1) is 11.1. The fraction of sp³-hybridized carbons (Fsp3) is 0.176. The van der Waals surface area contributed by atoms with Crippen LogP contribution in [-0.2, 0) is 11.2 Å². The summed E-state index contributed by atoms with van der Waals surface area (Å²) in [5.74, 6) is 0.971. The van der Waals surface area contributed by atoms with Crippen LogP contribution in [-0.4, -0.2) is 25.7 Å². The lowest BCUT2D eigenvalue weighted by atomic mass is 10.1. The molecule has 0 saturated heterocycles. The fourth-order valence-corrected chi connectivity index (χ4v) is 2.36. The summed E-state index contributed by atoms with van der Waals surface area (Å²) < 4.78 is 1.73. The van der Waals surface area contributed by atoms with E-state index in [1.165, 1.54) is 6.33 Å². The van der Waals surface area contributed by atoms with Gasteiger partial charge in [0.1, 0.15) is 12.1 Å². The van der Waals surface area contributed by atoms with Crippen LogP contribution < -0.4 is 5.32 Å². The van der Waals surface area contributed by atoms with E-state index in [0.717, 1.165) is 17.0 Å². The second-order valence-electron chi connectivity index (χ2n) is 5.31. The highest BCUT2D eigenvalue weighted by atomic mass is 16.1. The van der Waals surface area contributed by atoms with Crippen LogP contribution >= 0.6 is 0 Å². The van der Waals surface area contributed by atoms with Gasteiger partial charge in [0.2, 0.25) is 5.91 Å². The van der Waals surface area contributed by atoms with Gasteiger partial charge in [-0.3, -0.25) is 4.79 Å². The quantitative estimate of drug-likeness (QED) is 0.803. The molecule has 1 amide bonds. The third kappa shape index (κ3) is 3.60. The summed E-state index contributed by atoms with van der Waals surface area (Å²) in [6.07, 6.45) is 1.73. The molecule has 23 heavy (non-hydrogen) atoms. The van der Waals surface area contributed by atoms with Crippen LogP contribution in [0.4, 0.5) is 5.82 Å². The van der Waals surface area contributed by atoms with Crippen molar-refractivity contribution in [2.75, 3.05) is 5.32 Å². The van der Waals surface area contributed by atoms with Gasteiger partial charge in [-0.25, -0.2) is 14.6 Å². The van der Waals surface area contributed by atoms with Crippen LogP contribution in [0, 0.1) is 13.8 Å². The summed E-state index contributed by atoms with van der Waals surface area (Å²) >= 11 is 0. The van der Waals surface area contributed by atoms with E-state index in [9.17, 15) is 4.79 Å². The van der Waals surface area contributed by atoms with Gasteiger partial charge in [0, 0.05) is 11.8 Å². The van der Waals surface area contributed by atoms with Gasteiger partial charge in [-0.1, -0.05) is 30.3 Å². The highest BCUT2D eigenvalue weighted by Gasteiger charge is 2.09. The molecule has 0 fully saturated rings. The Morgan fingerprint density at radius 1 is 1.13 bits per heavy atom. The Bertz CT molecular complexity index is 826.